The van der Waals surface area contributed by atoms with E-state index in [1.807, 2.05) is 24.3 Å². The van der Waals surface area contributed by atoms with E-state index in [1.165, 1.54) is 0 Å². The third-order valence-electron chi connectivity index (χ3n) is 5.22. The van der Waals surface area contributed by atoms with Crippen molar-refractivity contribution in [3.63, 3.8) is 0 Å². The molecule has 6 nitrogen and oxygen atoms in total. The number of halogens is 1. The molecule has 4 rings (SSSR count). The van der Waals surface area contributed by atoms with Crippen LogP contribution in [-0.2, 0) is 6.42 Å². The molecule has 1 saturated heterocycles. The second kappa shape index (κ2) is 7.44. The molecule has 1 aromatic heterocycles. The van der Waals surface area contributed by atoms with E-state index in [-0.39, 0.29) is 5.78 Å². The van der Waals surface area contributed by atoms with Crippen LogP contribution >= 0.6 is 11.6 Å². The lowest BCUT2D eigenvalue weighted by Crippen LogP contribution is -2.45. The number of piperazine rings is 1. The van der Waals surface area contributed by atoms with Gasteiger partial charge in [-0.15, -0.1) is 0 Å². The Hall–Kier alpha value is -2.18. The van der Waals surface area contributed by atoms with Crippen molar-refractivity contribution < 1.29 is 4.79 Å². The van der Waals surface area contributed by atoms with Gasteiger partial charge in [0.2, 0.25) is 5.95 Å². The highest BCUT2D eigenvalue weighted by molar-refractivity contribution is 6.30. The number of rotatable bonds is 3. The van der Waals surface area contributed by atoms with Gasteiger partial charge < -0.3 is 15.1 Å². The maximum Gasteiger partial charge on any atom is 0.227 e. The standard InChI is InChI=1S/C20H24ClN5O/c1-13-11-16-18(17(27)12-13)19(22-15-5-3-14(21)4-6-15)24-20(23-16)26-9-7-25(2)8-10-26/h3-6,13H,7-12H2,1-2H3,(H,22,23,24). The summed E-state index contributed by atoms with van der Waals surface area (Å²) in [4.78, 5) is 26.8. The number of carbonyl (C=O) groups is 1. The van der Waals surface area contributed by atoms with Gasteiger partial charge in [0.05, 0.1) is 11.3 Å². The Balaban J connectivity index is 1.73. The Kier molecular flexibility index (Phi) is 5.02. The molecule has 2 heterocycles. The van der Waals surface area contributed by atoms with Crippen molar-refractivity contribution in [2.45, 2.75) is 19.8 Å². The average Bonchev–Trinajstić information content (AvgIpc) is 2.63. The predicted molar refractivity (Wildman–Crippen MR) is 108 cm³/mol. The van der Waals surface area contributed by atoms with Gasteiger partial charge in [-0.25, -0.2) is 4.98 Å². The summed E-state index contributed by atoms with van der Waals surface area (Å²) in [5, 5.41) is 4.00. The van der Waals surface area contributed by atoms with Crippen LogP contribution in [0.3, 0.4) is 0 Å². The van der Waals surface area contributed by atoms with Crippen LogP contribution in [0.2, 0.25) is 5.02 Å². The first-order valence-electron chi connectivity index (χ1n) is 9.40. The largest absolute Gasteiger partial charge is 0.339 e. The highest BCUT2D eigenvalue weighted by Crippen LogP contribution is 2.32. The van der Waals surface area contributed by atoms with Crippen molar-refractivity contribution in [1.29, 1.82) is 0 Å². The summed E-state index contributed by atoms with van der Waals surface area (Å²) < 4.78 is 0. The number of aromatic nitrogens is 2. The Labute approximate surface area is 164 Å². The van der Waals surface area contributed by atoms with E-state index in [9.17, 15) is 4.79 Å². The molecular weight excluding hydrogens is 362 g/mol. The highest BCUT2D eigenvalue weighted by Gasteiger charge is 2.29. The van der Waals surface area contributed by atoms with Crippen LogP contribution in [0.4, 0.5) is 17.5 Å². The normalized spacial score (nSPS) is 20.5. The second-order valence-electron chi connectivity index (χ2n) is 7.55. The molecule has 1 aliphatic heterocycles. The van der Waals surface area contributed by atoms with Gasteiger partial charge in [-0.1, -0.05) is 18.5 Å². The van der Waals surface area contributed by atoms with Gasteiger partial charge in [0.25, 0.3) is 0 Å². The molecular formula is C20H24ClN5O. The third kappa shape index (κ3) is 3.92. The summed E-state index contributed by atoms with van der Waals surface area (Å²) in [6.45, 7) is 5.84. The minimum absolute atomic E-state index is 0.116. The summed E-state index contributed by atoms with van der Waals surface area (Å²) >= 11 is 5.99. The molecule has 0 saturated carbocycles. The van der Waals surface area contributed by atoms with Gasteiger partial charge in [0.1, 0.15) is 5.82 Å². The van der Waals surface area contributed by atoms with E-state index >= 15 is 0 Å². The van der Waals surface area contributed by atoms with Crippen molar-refractivity contribution >= 4 is 34.8 Å². The summed E-state index contributed by atoms with van der Waals surface area (Å²) in [5.41, 5.74) is 2.36. The van der Waals surface area contributed by atoms with Crippen LogP contribution in [0.25, 0.3) is 0 Å². The molecule has 1 fully saturated rings. The second-order valence-corrected chi connectivity index (χ2v) is 7.99. The van der Waals surface area contributed by atoms with E-state index in [4.69, 9.17) is 21.6 Å². The zero-order valence-electron chi connectivity index (χ0n) is 15.7. The number of nitrogens with zero attached hydrogens (tertiary/aromatic N) is 4. The van der Waals surface area contributed by atoms with E-state index in [0.29, 0.717) is 34.7 Å². The van der Waals surface area contributed by atoms with E-state index in [2.05, 4.69) is 29.1 Å². The van der Waals surface area contributed by atoms with E-state index < -0.39 is 0 Å². The van der Waals surface area contributed by atoms with Gasteiger partial charge in [-0.3, -0.25) is 4.79 Å². The van der Waals surface area contributed by atoms with E-state index in [1.54, 1.807) is 0 Å². The monoisotopic (exact) mass is 385 g/mol. The average molecular weight is 386 g/mol. The molecule has 1 aliphatic carbocycles. The molecule has 0 amide bonds. The van der Waals surface area contributed by atoms with Crippen molar-refractivity contribution in [2.75, 3.05) is 43.4 Å². The minimum atomic E-state index is 0.116. The van der Waals surface area contributed by atoms with Gasteiger partial charge in [0, 0.05) is 43.3 Å². The number of benzene rings is 1. The van der Waals surface area contributed by atoms with Crippen LogP contribution in [-0.4, -0.2) is 53.9 Å². The predicted octanol–water partition coefficient (Wildman–Crippen LogP) is 3.39. The molecule has 0 radical (unpaired) electrons. The highest BCUT2D eigenvalue weighted by atomic mass is 35.5. The quantitative estimate of drug-likeness (QED) is 0.873. The third-order valence-corrected chi connectivity index (χ3v) is 5.47. The summed E-state index contributed by atoms with van der Waals surface area (Å²) in [6.07, 6.45) is 1.35. The summed E-state index contributed by atoms with van der Waals surface area (Å²) in [5.74, 6) is 1.74. The van der Waals surface area contributed by atoms with Crippen LogP contribution in [0.15, 0.2) is 24.3 Å². The molecule has 2 aliphatic rings. The Bertz CT molecular complexity index is 846. The van der Waals surface area contributed by atoms with Crippen molar-refractivity contribution in [3.8, 4) is 0 Å². The molecule has 0 bridgehead atoms. The lowest BCUT2D eigenvalue weighted by Gasteiger charge is -2.33. The zero-order valence-corrected chi connectivity index (χ0v) is 16.5. The molecule has 1 aromatic carbocycles. The molecule has 7 heteroatoms. The number of hydrogen-bond donors (Lipinski definition) is 1. The summed E-state index contributed by atoms with van der Waals surface area (Å²) in [7, 11) is 2.12. The fraction of sp³-hybridized carbons (Fsp3) is 0.450. The van der Waals surface area contributed by atoms with Gasteiger partial charge >= 0.3 is 0 Å². The first kappa shape index (κ1) is 18.2. The van der Waals surface area contributed by atoms with Gasteiger partial charge in [-0.2, -0.15) is 4.98 Å². The number of Topliss-reactive ketones (excluding diaryl/α,β-unsaturated/α-hetero) is 1. The first-order valence-corrected chi connectivity index (χ1v) is 9.77. The maximum absolute atomic E-state index is 12.7. The number of ketones is 1. The van der Waals surface area contributed by atoms with Crippen molar-refractivity contribution in [2.24, 2.45) is 5.92 Å². The van der Waals surface area contributed by atoms with E-state index in [0.717, 1.165) is 44.0 Å². The van der Waals surface area contributed by atoms with Crippen molar-refractivity contribution in [3.05, 3.63) is 40.5 Å². The molecule has 1 N–H and O–H groups in total. The smallest absolute Gasteiger partial charge is 0.227 e. The van der Waals surface area contributed by atoms with Gasteiger partial charge in [-0.05, 0) is 43.7 Å². The molecule has 2 aromatic rings. The molecule has 1 unspecified atom stereocenters. The van der Waals surface area contributed by atoms with Crippen LogP contribution in [0.5, 0.6) is 0 Å². The number of hydrogen-bond acceptors (Lipinski definition) is 6. The van der Waals surface area contributed by atoms with Crippen molar-refractivity contribution in [1.82, 2.24) is 14.9 Å². The van der Waals surface area contributed by atoms with Crippen LogP contribution in [0.1, 0.15) is 29.4 Å². The summed E-state index contributed by atoms with van der Waals surface area (Å²) in [6, 6.07) is 7.43. The Morgan fingerprint density at radius 2 is 1.78 bits per heavy atom. The zero-order chi connectivity index (χ0) is 19.0. The van der Waals surface area contributed by atoms with Crippen LogP contribution in [0, 0.1) is 5.92 Å². The molecule has 1 atom stereocenters. The minimum Gasteiger partial charge on any atom is -0.339 e. The van der Waals surface area contributed by atoms with Gasteiger partial charge in [0.15, 0.2) is 5.78 Å². The molecule has 142 valence electrons. The number of carbonyl (C=O) groups excluding carboxylic acids is 1. The fourth-order valence-electron chi connectivity index (χ4n) is 3.66. The Morgan fingerprint density at radius 1 is 1.07 bits per heavy atom. The SMILES string of the molecule is CC1CC(=O)c2c(nc(N3CCN(C)CC3)nc2Nc2ccc(Cl)cc2)C1. The first-order chi connectivity index (χ1) is 13.0. The fourth-order valence-corrected chi connectivity index (χ4v) is 3.79. The molecule has 0 spiro atoms. The molecule has 27 heavy (non-hydrogen) atoms. The van der Waals surface area contributed by atoms with Crippen LogP contribution < -0.4 is 10.2 Å². The number of nitrogens with one attached hydrogen (secondary N) is 1. The number of likely N-dealkylation sites (N-methyl/N-ethyl adjacent to an activating group) is 1. The lowest BCUT2D eigenvalue weighted by atomic mass is 9.87. The number of anilines is 3. The topological polar surface area (TPSA) is 61.4 Å². The lowest BCUT2D eigenvalue weighted by molar-refractivity contribution is 0.0952. The maximum atomic E-state index is 12.7. The Morgan fingerprint density at radius 3 is 2.48 bits per heavy atom. The number of fused-ring (bicyclic) bond motifs is 1.